The SMILES string of the molecule is Cc1ccc(Oc2cc(CO)c(Cl)cn2)cn1. The van der Waals surface area contributed by atoms with Gasteiger partial charge in [-0.1, -0.05) is 11.6 Å². The van der Waals surface area contributed by atoms with Crippen LogP contribution >= 0.6 is 11.6 Å². The largest absolute Gasteiger partial charge is 0.437 e. The predicted octanol–water partition coefficient (Wildman–Crippen LogP) is 2.72. The molecule has 0 amide bonds. The summed E-state index contributed by atoms with van der Waals surface area (Å²) < 4.78 is 5.49. The average molecular weight is 251 g/mol. The maximum atomic E-state index is 9.07. The fourth-order valence-corrected chi connectivity index (χ4v) is 1.43. The van der Waals surface area contributed by atoms with Crippen molar-refractivity contribution in [2.45, 2.75) is 13.5 Å². The van der Waals surface area contributed by atoms with Crippen LogP contribution in [0.25, 0.3) is 0 Å². The van der Waals surface area contributed by atoms with Gasteiger partial charge in [0.05, 0.1) is 17.8 Å². The molecule has 0 fully saturated rings. The Morgan fingerprint density at radius 1 is 1.29 bits per heavy atom. The minimum absolute atomic E-state index is 0.149. The van der Waals surface area contributed by atoms with Gasteiger partial charge < -0.3 is 9.84 Å². The second-order valence-electron chi connectivity index (χ2n) is 3.51. The summed E-state index contributed by atoms with van der Waals surface area (Å²) in [6, 6.07) is 5.25. The van der Waals surface area contributed by atoms with E-state index in [1.165, 1.54) is 6.20 Å². The molecule has 0 aliphatic heterocycles. The van der Waals surface area contributed by atoms with Gasteiger partial charge in [0.1, 0.15) is 5.75 Å². The van der Waals surface area contributed by atoms with Gasteiger partial charge in [0, 0.05) is 23.5 Å². The van der Waals surface area contributed by atoms with E-state index < -0.39 is 0 Å². The molecule has 2 rings (SSSR count). The molecule has 2 aromatic heterocycles. The van der Waals surface area contributed by atoms with Crippen molar-refractivity contribution >= 4 is 11.6 Å². The molecule has 5 heteroatoms. The normalized spacial score (nSPS) is 10.3. The molecule has 4 nitrogen and oxygen atoms in total. The predicted molar refractivity (Wildman–Crippen MR) is 64.2 cm³/mol. The van der Waals surface area contributed by atoms with Crippen LogP contribution in [0, 0.1) is 6.92 Å². The number of ether oxygens (including phenoxy) is 1. The summed E-state index contributed by atoms with van der Waals surface area (Å²) in [7, 11) is 0. The highest BCUT2D eigenvalue weighted by atomic mass is 35.5. The van der Waals surface area contributed by atoms with Crippen LogP contribution in [0.1, 0.15) is 11.3 Å². The second kappa shape index (κ2) is 5.12. The summed E-state index contributed by atoms with van der Waals surface area (Å²) in [5.41, 5.74) is 1.49. The molecule has 17 heavy (non-hydrogen) atoms. The molecule has 1 N–H and O–H groups in total. The Morgan fingerprint density at radius 3 is 2.76 bits per heavy atom. The van der Waals surface area contributed by atoms with Crippen LogP contribution in [-0.4, -0.2) is 15.1 Å². The van der Waals surface area contributed by atoms with E-state index in [-0.39, 0.29) is 6.61 Å². The first-order valence-corrected chi connectivity index (χ1v) is 5.42. The molecule has 0 unspecified atom stereocenters. The number of aryl methyl sites for hydroxylation is 1. The average Bonchev–Trinajstić information content (AvgIpc) is 2.34. The lowest BCUT2D eigenvalue weighted by Crippen LogP contribution is -1.92. The Hall–Kier alpha value is -1.65. The van der Waals surface area contributed by atoms with E-state index >= 15 is 0 Å². The lowest BCUT2D eigenvalue weighted by Gasteiger charge is -2.06. The number of aromatic nitrogens is 2. The van der Waals surface area contributed by atoms with E-state index in [9.17, 15) is 0 Å². The van der Waals surface area contributed by atoms with Crippen LogP contribution in [-0.2, 0) is 6.61 Å². The summed E-state index contributed by atoms with van der Waals surface area (Å²) >= 11 is 5.83. The topological polar surface area (TPSA) is 55.2 Å². The molecular weight excluding hydrogens is 240 g/mol. The van der Waals surface area contributed by atoms with Crippen molar-refractivity contribution in [3.63, 3.8) is 0 Å². The van der Waals surface area contributed by atoms with Gasteiger partial charge in [-0.05, 0) is 19.1 Å². The Balaban J connectivity index is 2.21. The minimum Gasteiger partial charge on any atom is -0.437 e. The van der Waals surface area contributed by atoms with Gasteiger partial charge in [-0.3, -0.25) is 4.98 Å². The maximum Gasteiger partial charge on any atom is 0.219 e. The molecule has 0 aliphatic carbocycles. The smallest absolute Gasteiger partial charge is 0.219 e. The second-order valence-corrected chi connectivity index (χ2v) is 3.92. The Morgan fingerprint density at radius 2 is 2.12 bits per heavy atom. The molecule has 0 saturated carbocycles. The van der Waals surface area contributed by atoms with Crippen molar-refractivity contribution in [1.82, 2.24) is 9.97 Å². The lowest BCUT2D eigenvalue weighted by atomic mass is 10.3. The van der Waals surface area contributed by atoms with Crippen LogP contribution < -0.4 is 4.74 Å². The van der Waals surface area contributed by atoms with Crippen LogP contribution in [0.2, 0.25) is 5.02 Å². The number of aliphatic hydroxyl groups excluding tert-OH is 1. The molecule has 0 atom stereocenters. The van der Waals surface area contributed by atoms with Gasteiger partial charge in [0.15, 0.2) is 0 Å². The van der Waals surface area contributed by atoms with E-state index in [2.05, 4.69) is 9.97 Å². The number of hydrogen-bond donors (Lipinski definition) is 1. The van der Waals surface area contributed by atoms with Crippen molar-refractivity contribution in [2.75, 3.05) is 0 Å². The zero-order valence-corrected chi connectivity index (χ0v) is 9.98. The fraction of sp³-hybridized carbons (Fsp3) is 0.167. The monoisotopic (exact) mass is 250 g/mol. The molecule has 0 spiro atoms. The molecular formula is C12H11ClN2O2. The lowest BCUT2D eigenvalue weighted by molar-refractivity contribution is 0.281. The number of rotatable bonds is 3. The van der Waals surface area contributed by atoms with Crippen LogP contribution in [0.15, 0.2) is 30.6 Å². The first-order chi connectivity index (χ1) is 8.19. The quantitative estimate of drug-likeness (QED) is 0.910. The summed E-state index contributed by atoms with van der Waals surface area (Å²) in [5, 5.41) is 9.48. The zero-order chi connectivity index (χ0) is 12.3. The van der Waals surface area contributed by atoms with Crippen LogP contribution in [0.3, 0.4) is 0 Å². The molecule has 0 aliphatic rings. The number of aliphatic hydroxyl groups is 1. The van der Waals surface area contributed by atoms with Crippen molar-refractivity contribution in [1.29, 1.82) is 0 Å². The molecule has 0 saturated heterocycles. The van der Waals surface area contributed by atoms with Gasteiger partial charge in [0.2, 0.25) is 5.88 Å². The molecule has 2 aromatic rings. The highest BCUT2D eigenvalue weighted by Crippen LogP contribution is 2.23. The first-order valence-electron chi connectivity index (χ1n) is 5.05. The number of hydrogen-bond acceptors (Lipinski definition) is 4. The Bertz CT molecular complexity index is 514. The zero-order valence-electron chi connectivity index (χ0n) is 9.22. The van der Waals surface area contributed by atoms with Crippen molar-refractivity contribution in [3.8, 4) is 11.6 Å². The number of pyridine rings is 2. The Labute approximate surface area is 104 Å². The minimum atomic E-state index is -0.149. The van der Waals surface area contributed by atoms with Crippen molar-refractivity contribution in [3.05, 3.63) is 46.9 Å². The first kappa shape index (κ1) is 11.8. The molecule has 0 radical (unpaired) electrons. The van der Waals surface area contributed by atoms with Crippen molar-refractivity contribution < 1.29 is 9.84 Å². The van der Waals surface area contributed by atoms with Crippen molar-refractivity contribution in [2.24, 2.45) is 0 Å². The van der Waals surface area contributed by atoms with E-state index in [0.29, 0.717) is 22.2 Å². The van der Waals surface area contributed by atoms with Gasteiger partial charge >= 0.3 is 0 Å². The molecule has 2 heterocycles. The summed E-state index contributed by atoms with van der Waals surface area (Å²) in [5.74, 6) is 0.971. The molecule has 88 valence electrons. The summed E-state index contributed by atoms with van der Waals surface area (Å²) in [4.78, 5) is 8.12. The van der Waals surface area contributed by atoms with E-state index in [1.54, 1.807) is 18.3 Å². The summed E-state index contributed by atoms with van der Waals surface area (Å²) in [6.45, 7) is 1.75. The van der Waals surface area contributed by atoms with E-state index in [0.717, 1.165) is 5.69 Å². The number of nitrogens with zero attached hydrogens (tertiary/aromatic N) is 2. The van der Waals surface area contributed by atoms with E-state index in [4.69, 9.17) is 21.4 Å². The highest BCUT2D eigenvalue weighted by molar-refractivity contribution is 6.31. The fourth-order valence-electron chi connectivity index (χ4n) is 1.27. The van der Waals surface area contributed by atoms with Crippen LogP contribution in [0.5, 0.6) is 11.6 Å². The van der Waals surface area contributed by atoms with Gasteiger partial charge in [-0.15, -0.1) is 0 Å². The van der Waals surface area contributed by atoms with Gasteiger partial charge in [-0.2, -0.15) is 0 Å². The molecule has 0 bridgehead atoms. The van der Waals surface area contributed by atoms with E-state index in [1.807, 2.05) is 13.0 Å². The third-order valence-electron chi connectivity index (χ3n) is 2.19. The molecule has 0 aromatic carbocycles. The summed E-state index contributed by atoms with van der Waals surface area (Å²) in [6.07, 6.45) is 3.06. The third kappa shape index (κ3) is 2.93. The van der Waals surface area contributed by atoms with Gasteiger partial charge in [-0.25, -0.2) is 4.98 Å². The maximum absolute atomic E-state index is 9.07. The van der Waals surface area contributed by atoms with Crippen LogP contribution in [0.4, 0.5) is 0 Å². The highest BCUT2D eigenvalue weighted by Gasteiger charge is 2.04. The van der Waals surface area contributed by atoms with Gasteiger partial charge in [0.25, 0.3) is 0 Å². The third-order valence-corrected chi connectivity index (χ3v) is 2.53. The Kier molecular flexibility index (Phi) is 3.56. The standard InChI is InChI=1S/C12H11ClN2O2/c1-8-2-3-10(5-14-8)17-12-4-9(7-16)11(13)6-15-12/h2-6,16H,7H2,1H3. The number of halogens is 1.